The molecule has 5 heteroatoms. The Hall–Kier alpha value is 0.923. The molecule has 0 rings (SSSR count). The summed E-state index contributed by atoms with van der Waals surface area (Å²) in [6.45, 7) is 0. The van der Waals surface area contributed by atoms with Crippen LogP contribution in [0.1, 0.15) is 0 Å². The topological polar surface area (TPSA) is 34.1 Å². The first-order chi connectivity index (χ1) is 3.46. The molecule has 0 fully saturated rings. The van der Waals surface area contributed by atoms with E-state index in [9.17, 15) is 8.42 Å². The Balaban J connectivity index is -0.0000000720. The molecule has 2 nitrogen and oxygen atoms in total. The fourth-order valence-electron chi connectivity index (χ4n) is 0. The van der Waals surface area contributed by atoms with Gasteiger partial charge in [-0.25, -0.2) is 0 Å². The summed E-state index contributed by atoms with van der Waals surface area (Å²) in [6.07, 6.45) is 6.56. The smallest absolute Gasteiger partial charge is 0.0148 e. The van der Waals surface area contributed by atoms with E-state index in [4.69, 9.17) is 0 Å². The van der Waals surface area contributed by atoms with Gasteiger partial charge < -0.3 is 0 Å². The summed E-state index contributed by atoms with van der Waals surface area (Å²) in [4.78, 5) is 0. The Morgan fingerprint density at radius 3 is 0.778 bits per heavy atom. The molecule has 0 aromatic heterocycles. The Kier molecular flexibility index (Phi) is 21.4. The van der Waals surface area contributed by atoms with Gasteiger partial charge in [0.2, 0.25) is 0 Å². The number of hydrogen-bond donors (Lipinski definition) is 0. The minimum atomic E-state index is -0.611. The summed E-state index contributed by atoms with van der Waals surface area (Å²) in [5.41, 5.74) is 0. The molecular formula is C4H12O2RhS2. The summed E-state index contributed by atoms with van der Waals surface area (Å²) in [5, 5.41) is 0. The van der Waals surface area contributed by atoms with Crippen molar-refractivity contribution in [2.45, 2.75) is 0 Å². The maximum absolute atomic E-state index is 9.56. The molecule has 0 atom stereocenters. The van der Waals surface area contributed by atoms with Crippen molar-refractivity contribution < 1.29 is 27.9 Å². The SMILES string of the molecule is CS(C)=O.CS(C)=O.[Rh]. The molecule has 61 valence electrons. The molecule has 0 aliphatic heterocycles. The molecule has 9 heavy (non-hydrogen) atoms. The van der Waals surface area contributed by atoms with Crippen molar-refractivity contribution in [2.75, 3.05) is 25.0 Å². The van der Waals surface area contributed by atoms with Gasteiger partial charge in [0.05, 0.1) is 0 Å². The van der Waals surface area contributed by atoms with Crippen LogP contribution in [-0.2, 0) is 41.1 Å². The number of hydrogen-bond acceptors (Lipinski definition) is 2. The fourth-order valence-corrected chi connectivity index (χ4v) is 0. The van der Waals surface area contributed by atoms with Crippen LogP contribution >= 0.6 is 0 Å². The molecule has 0 unspecified atom stereocenters. The molecule has 0 spiro atoms. The van der Waals surface area contributed by atoms with Crippen LogP contribution in [0.5, 0.6) is 0 Å². The van der Waals surface area contributed by atoms with Gasteiger partial charge >= 0.3 is 0 Å². The molecule has 0 N–H and O–H groups in total. The average molecular weight is 259 g/mol. The first-order valence-corrected chi connectivity index (χ1v) is 5.90. The Morgan fingerprint density at radius 2 is 0.778 bits per heavy atom. The van der Waals surface area contributed by atoms with E-state index in [1.807, 2.05) is 0 Å². The van der Waals surface area contributed by atoms with E-state index in [2.05, 4.69) is 0 Å². The largest absolute Gasteiger partial charge is 0.260 e. The zero-order chi connectivity index (χ0) is 7.15. The monoisotopic (exact) mass is 259 g/mol. The fraction of sp³-hybridized carbons (Fsp3) is 1.00. The van der Waals surface area contributed by atoms with Crippen LogP contribution in [0, 0.1) is 0 Å². The van der Waals surface area contributed by atoms with Crippen molar-refractivity contribution in [3.05, 3.63) is 0 Å². The summed E-state index contributed by atoms with van der Waals surface area (Å²) in [5.74, 6) is 0. The van der Waals surface area contributed by atoms with Gasteiger partial charge in [-0.1, -0.05) is 0 Å². The molecule has 0 heterocycles. The second-order valence-corrected chi connectivity index (χ2v) is 4.45. The molecule has 1 radical (unpaired) electrons. The zero-order valence-corrected chi connectivity index (χ0v) is 9.24. The van der Waals surface area contributed by atoms with Crippen LogP contribution in [0.4, 0.5) is 0 Å². The molecular weight excluding hydrogens is 247 g/mol. The Morgan fingerprint density at radius 1 is 0.778 bits per heavy atom. The van der Waals surface area contributed by atoms with Crippen molar-refractivity contribution in [1.82, 2.24) is 0 Å². The third-order valence-electron chi connectivity index (χ3n) is 0. The summed E-state index contributed by atoms with van der Waals surface area (Å²) in [7, 11) is -1.22. The van der Waals surface area contributed by atoms with Crippen LogP contribution in [0.3, 0.4) is 0 Å². The standard InChI is InChI=1S/2C2H6OS.Rh/c2*1-4(2)3;/h2*1-2H3;. The predicted molar refractivity (Wildman–Crippen MR) is 40.0 cm³/mol. The van der Waals surface area contributed by atoms with Crippen LogP contribution in [0.2, 0.25) is 0 Å². The van der Waals surface area contributed by atoms with Crippen molar-refractivity contribution >= 4 is 21.6 Å². The van der Waals surface area contributed by atoms with E-state index in [0.717, 1.165) is 0 Å². The first-order valence-electron chi connectivity index (χ1n) is 1.97. The van der Waals surface area contributed by atoms with Crippen LogP contribution in [0.15, 0.2) is 0 Å². The van der Waals surface area contributed by atoms with E-state index >= 15 is 0 Å². The first kappa shape index (κ1) is 16.5. The van der Waals surface area contributed by atoms with Gasteiger partial charge in [0, 0.05) is 66.1 Å². The average Bonchev–Trinajstić information content (AvgIpc) is 1.25. The molecule has 0 aliphatic rings. The van der Waals surface area contributed by atoms with Gasteiger partial charge in [-0.15, -0.1) is 0 Å². The van der Waals surface area contributed by atoms with E-state index in [0.29, 0.717) is 0 Å². The molecule has 0 amide bonds. The van der Waals surface area contributed by atoms with Gasteiger partial charge in [0.15, 0.2) is 0 Å². The van der Waals surface area contributed by atoms with E-state index in [1.54, 1.807) is 25.0 Å². The summed E-state index contributed by atoms with van der Waals surface area (Å²) >= 11 is 0. The number of rotatable bonds is 0. The van der Waals surface area contributed by atoms with Gasteiger partial charge in [-0.3, -0.25) is 8.42 Å². The van der Waals surface area contributed by atoms with Crippen molar-refractivity contribution in [2.24, 2.45) is 0 Å². The van der Waals surface area contributed by atoms with Crippen LogP contribution < -0.4 is 0 Å². The minimum Gasteiger partial charge on any atom is -0.260 e. The molecule has 0 aliphatic carbocycles. The second-order valence-electron chi connectivity index (χ2n) is 1.48. The van der Waals surface area contributed by atoms with Crippen molar-refractivity contribution in [3.63, 3.8) is 0 Å². The normalized spacial score (nSPS) is 7.78. The summed E-state index contributed by atoms with van der Waals surface area (Å²) < 4.78 is 19.1. The Labute approximate surface area is 74.5 Å². The molecule has 0 bridgehead atoms. The molecule has 0 aromatic carbocycles. The van der Waals surface area contributed by atoms with Crippen molar-refractivity contribution in [1.29, 1.82) is 0 Å². The van der Waals surface area contributed by atoms with Crippen LogP contribution in [-0.4, -0.2) is 33.4 Å². The third-order valence-corrected chi connectivity index (χ3v) is 0. The van der Waals surface area contributed by atoms with E-state index in [-0.39, 0.29) is 19.5 Å². The maximum atomic E-state index is 9.56. The van der Waals surface area contributed by atoms with E-state index < -0.39 is 21.6 Å². The van der Waals surface area contributed by atoms with E-state index in [1.165, 1.54) is 0 Å². The van der Waals surface area contributed by atoms with Gasteiger partial charge in [0.1, 0.15) is 0 Å². The molecule has 0 saturated heterocycles. The maximum Gasteiger partial charge on any atom is 0.0148 e. The van der Waals surface area contributed by atoms with Gasteiger partial charge in [-0.05, 0) is 0 Å². The third kappa shape index (κ3) is 502. The van der Waals surface area contributed by atoms with Crippen LogP contribution in [0.25, 0.3) is 0 Å². The van der Waals surface area contributed by atoms with Gasteiger partial charge in [0.25, 0.3) is 0 Å². The molecule has 0 aromatic rings. The zero-order valence-electron chi connectivity index (χ0n) is 5.97. The summed E-state index contributed by atoms with van der Waals surface area (Å²) in [6, 6.07) is 0. The quantitative estimate of drug-likeness (QED) is 0.573. The Bertz CT molecular complexity index is 74.6. The minimum absolute atomic E-state index is 0. The van der Waals surface area contributed by atoms with Crippen molar-refractivity contribution in [3.8, 4) is 0 Å². The van der Waals surface area contributed by atoms with Gasteiger partial charge in [-0.2, -0.15) is 0 Å². The second kappa shape index (κ2) is 11.7. The predicted octanol–water partition coefficient (Wildman–Crippen LogP) is -0.0131. The molecule has 0 saturated carbocycles.